The van der Waals surface area contributed by atoms with Gasteiger partial charge in [0, 0.05) is 33.7 Å². The fraction of sp³-hybridized carbons (Fsp3) is 0.733. The van der Waals surface area contributed by atoms with Crippen molar-refractivity contribution < 1.29 is 9.53 Å². The highest BCUT2D eigenvalue weighted by atomic mass is 16.6. The van der Waals surface area contributed by atoms with Crippen molar-refractivity contribution in [2.24, 2.45) is 10.9 Å². The number of amides is 1. The molecule has 1 unspecified atom stereocenters. The van der Waals surface area contributed by atoms with Gasteiger partial charge in [-0.15, -0.1) is 6.58 Å². The summed E-state index contributed by atoms with van der Waals surface area (Å²) in [5, 5.41) is 6.31. The first kappa shape index (κ1) is 19.3. The highest BCUT2D eigenvalue weighted by molar-refractivity contribution is 5.79. The monoisotopic (exact) mass is 298 g/mol. The first-order chi connectivity index (χ1) is 9.69. The molecule has 0 saturated carbocycles. The molecule has 1 atom stereocenters. The number of hydrogen-bond acceptors (Lipinski definition) is 3. The minimum absolute atomic E-state index is 0.268. The van der Waals surface area contributed by atoms with Crippen LogP contribution in [0.5, 0.6) is 0 Å². The topological polar surface area (TPSA) is 66.0 Å². The molecule has 0 heterocycles. The van der Waals surface area contributed by atoms with Crippen LogP contribution in [0.4, 0.5) is 4.79 Å². The van der Waals surface area contributed by atoms with Crippen LogP contribution in [0.3, 0.4) is 0 Å². The third-order valence-corrected chi connectivity index (χ3v) is 2.55. The molecule has 6 heteroatoms. The predicted octanol–water partition coefficient (Wildman–Crippen LogP) is 1.84. The van der Waals surface area contributed by atoms with Crippen LogP contribution in [0, 0.1) is 5.92 Å². The third kappa shape index (κ3) is 9.76. The van der Waals surface area contributed by atoms with E-state index in [1.807, 2.05) is 20.8 Å². The lowest BCUT2D eigenvalue weighted by molar-refractivity contribution is 0.0278. The van der Waals surface area contributed by atoms with Gasteiger partial charge < -0.3 is 20.3 Å². The summed E-state index contributed by atoms with van der Waals surface area (Å²) in [6, 6.07) is 0. The summed E-state index contributed by atoms with van der Waals surface area (Å²) < 4.78 is 5.32. The van der Waals surface area contributed by atoms with Gasteiger partial charge >= 0.3 is 6.09 Å². The molecule has 0 saturated heterocycles. The molecule has 0 aromatic rings. The first-order valence-corrected chi connectivity index (χ1v) is 7.19. The Bertz CT molecular complexity index is 361. The molecule has 0 aliphatic rings. The van der Waals surface area contributed by atoms with Crippen LogP contribution < -0.4 is 10.6 Å². The fourth-order valence-electron chi connectivity index (χ4n) is 1.61. The van der Waals surface area contributed by atoms with Gasteiger partial charge in [0.15, 0.2) is 5.96 Å². The van der Waals surface area contributed by atoms with Crippen LogP contribution in [0.15, 0.2) is 17.6 Å². The molecular formula is C15H30N4O2. The number of ether oxygens (including phenoxy) is 1. The Kier molecular flexibility index (Phi) is 8.50. The average Bonchev–Trinajstić information content (AvgIpc) is 2.36. The molecule has 122 valence electrons. The van der Waals surface area contributed by atoms with Crippen LogP contribution in [-0.2, 0) is 4.74 Å². The molecule has 2 N–H and O–H groups in total. The number of carbonyl (C=O) groups is 1. The van der Waals surface area contributed by atoms with Gasteiger partial charge in [0.2, 0.25) is 0 Å². The zero-order valence-corrected chi connectivity index (χ0v) is 14.2. The van der Waals surface area contributed by atoms with Gasteiger partial charge in [-0.05, 0) is 26.7 Å². The molecule has 1 amide bonds. The summed E-state index contributed by atoms with van der Waals surface area (Å²) in [5.41, 5.74) is -0.469. The second-order valence-electron chi connectivity index (χ2n) is 6.09. The third-order valence-electron chi connectivity index (χ3n) is 2.55. The summed E-state index contributed by atoms with van der Waals surface area (Å²) in [6.07, 6.45) is 1.47. The van der Waals surface area contributed by atoms with E-state index in [0.717, 1.165) is 5.96 Å². The van der Waals surface area contributed by atoms with Crippen LogP contribution in [0.1, 0.15) is 27.7 Å². The second kappa shape index (κ2) is 9.26. The highest BCUT2D eigenvalue weighted by Crippen LogP contribution is 2.10. The number of rotatable bonds is 6. The lowest BCUT2D eigenvalue weighted by Gasteiger charge is -2.26. The Morgan fingerprint density at radius 3 is 2.52 bits per heavy atom. The van der Waals surface area contributed by atoms with E-state index >= 15 is 0 Å². The number of carbonyl (C=O) groups excluding carboxylic acids is 1. The zero-order valence-electron chi connectivity index (χ0n) is 14.2. The molecule has 0 aromatic carbocycles. The number of nitrogens with one attached hydrogen (secondary N) is 2. The maximum Gasteiger partial charge on any atom is 0.410 e. The smallest absolute Gasteiger partial charge is 0.410 e. The van der Waals surface area contributed by atoms with Crippen LogP contribution >= 0.6 is 0 Å². The minimum Gasteiger partial charge on any atom is -0.444 e. The Labute approximate surface area is 128 Å². The Morgan fingerprint density at radius 1 is 1.43 bits per heavy atom. The standard InChI is InChI=1S/C15H30N4O2/c1-8-9-17-13(16-6)18-10-12(2)11-19(7)14(20)21-15(3,4)5/h8,12H,1,9-11H2,2-7H3,(H2,16,17,18). The highest BCUT2D eigenvalue weighted by Gasteiger charge is 2.20. The molecule has 0 radical (unpaired) electrons. The molecule has 6 nitrogen and oxygen atoms in total. The second-order valence-corrected chi connectivity index (χ2v) is 6.09. The maximum absolute atomic E-state index is 11.9. The number of guanidine groups is 1. The van der Waals surface area contributed by atoms with E-state index in [1.54, 1.807) is 25.1 Å². The molecular weight excluding hydrogens is 268 g/mol. The zero-order chi connectivity index (χ0) is 16.5. The SMILES string of the molecule is C=CCNC(=NC)NCC(C)CN(C)C(=O)OC(C)(C)C. The summed E-state index contributed by atoms with van der Waals surface area (Å²) in [4.78, 5) is 17.6. The summed E-state index contributed by atoms with van der Waals surface area (Å²) in [5.74, 6) is 0.992. The van der Waals surface area contributed by atoms with Crippen molar-refractivity contribution in [2.45, 2.75) is 33.3 Å². The van der Waals surface area contributed by atoms with Crippen molar-refractivity contribution in [3.05, 3.63) is 12.7 Å². The van der Waals surface area contributed by atoms with Crippen molar-refractivity contribution in [3.8, 4) is 0 Å². The van der Waals surface area contributed by atoms with E-state index in [0.29, 0.717) is 19.6 Å². The first-order valence-electron chi connectivity index (χ1n) is 7.19. The van der Waals surface area contributed by atoms with Crippen LogP contribution in [0.25, 0.3) is 0 Å². The van der Waals surface area contributed by atoms with Crippen molar-refractivity contribution in [2.75, 3.05) is 33.7 Å². The fourth-order valence-corrected chi connectivity index (χ4v) is 1.61. The number of hydrogen-bond donors (Lipinski definition) is 2. The molecule has 0 bridgehead atoms. The van der Waals surface area contributed by atoms with Crippen molar-refractivity contribution >= 4 is 12.1 Å². The summed E-state index contributed by atoms with van der Waals surface area (Å²) in [7, 11) is 3.46. The molecule has 0 rings (SSSR count). The average molecular weight is 298 g/mol. The van der Waals surface area contributed by atoms with Gasteiger partial charge in [0.25, 0.3) is 0 Å². The van der Waals surface area contributed by atoms with Crippen LogP contribution in [-0.4, -0.2) is 56.3 Å². The molecule has 0 spiro atoms. The summed E-state index contributed by atoms with van der Waals surface area (Å²) >= 11 is 0. The van der Waals surface area contributed by atoms with E-state index in [1.165, 1.54) is 0 Å². The van der Waals surface area contributed by atoms with Gasteiger partial charge in [-0.2, -0.15) is 0 Å². The van der Waals surface area contributed by atoms with Crippen molar-refractivity contribution in [3.63, 3.8) is 0 Å². The maximum atomic E-state index is 11.9. The number of aliphatic imine (C=N–C) groups is 1. The Balaban J connectivity index is 4.15. The quantitative estimate of drug-likeness (QED) is 0.446. The molecule has 0 fully saturated rings. The van der Waals surface area contributed by atoms with Crippen molar-refractivity contribution in [1.29, 1.82) is 0 Å². The van der Waals surface area contributed by atoms with Gasteiger partial charge in [0.1, 0.15) is 5.60 Å². The van der Waals surface area contributed by atoms with Crippen LogP contribution in [0.2, 0.25) is 0 Å². The Hall–Kier alpha value is -1.72. The lowest BCUT2D eigenvalue weighted by Crippen LogP contribution is -2.42. The van der Waals surface area contributed by atoms with E-state index in [9.17, 15) is 4.79 Å². The van der Waals surface area contributed by atoms with Crippen molar-refractivity contribution in [1.82, 2.24) is 15.5 Å². The molecule has 0 aromatic heterocycles. The van der Waals surface area contributed by atoms with Gasteiger partial charge in [-0.3, -0.25) is 4.99 Å². The molecule has 0 aliphatic heterocycles. The van der Waals surface area contributed by atoms with E-state index in [2.05, 4.69) is 29.1 Å². The van der Waals surface area contributed by atoms with Gasteiger partial charge in [-0.1, -0.05) is 13.0 Å². The minimum atomic E-state index is -0.469. The molecule has 0 aliphatic carbocycles. The molecule has 21 heavy (non-hydrogen) atoms. The van der Waals surface area contributed by atoms with E-state index < -0.39 is 5.60 Å². The number of nitrogens with zero attached hydrogens (tertiary/aromatic N) is 2. The van der Waals surface area contributed by atoms with Gasteiger partial charge in [-0.25, -0.2) is 4.79 Å². The lowest BCUT2D eigenvalue weighted by atomic mass is 10.1. The largest absolute Gasteiger partial charge is 0.444 e. The van der Waals surface area contributed by atoms with Gasteiger partial charge in [0.05, 0.1) is 0 Å². The van der Waals surface area contributed by atoms with E-state index in [4.69, 9.17) is 4.74 Å². The van der Waals surface area contributed by atoms with E-state index in [-0.39, 0.29) is 12.0 Å². The normalized spacial score (nSPS) is 13.3. The summed E-state index contributed by atoms with van der Waals surface area (Å²) in [6.45, 7) is 13.3. The Morgan fingerprint density at radius 2 is 2.05 bits per heavy atom. The predicted molar refractivity (Wildman–Crippen MR) is 87.6 cm³/mol.